The van der Waals surface area contributed by atoms with E-state index in [1.165, 1.54) is 0 Å². The van der Waals surface area contributed by atoms with Gasteiger partial charge in [-0.05, 0) is 30.9 Å². The van der Waals surface area contributed by atoms with Crippen molar-refractivity contribution in [3.63, 3.8) is 0 Å². The highest BCUT2D eigenvalue weighted by Gasteiger charge is 2.31. The second-order valence-corrected chi connectivity index (χ2v) is 4.94. The van der Waals surface area contributed by atoms with Crippen molar-refractivity contribution in [2.75, 3.05) is 13.1 Å². The molecular formula is C13H13FN2O5. The molecule has 0 aromatic heterocycles. The Balaban J connectivity index is 2.30. The number of carbonyl (C=O) groups is 2. The Kier molecular flexibility index (Phi) is 4.15. The fourth-order valence-electron chi connectivity index (χ4n) is 2.00. The van der Waals surface area contributed by atoms with Crippen molar-refractivity contribution in [3.05, 3.63) is 39.7 Å². The van der Waals surface area contributed by atoms with E-state index in [0.29, 0.717) is 6.07 Å². The van der Waals surface area contributed by atoms with Crippen LogP contribution in [0.4, 0.5) is 10.1 Å². The number of carbonyl (C=O) groups excluding carboxylic acids is 1. The van der Waals surface area contributed by atoms with Gasteiger partial charge in [-0.25, -0.2) is 4.39 Å². The molecule has 0 aliphatic heterocycles. The smallest absolute Gasteiger partial charge is 0.323 e. The van der Waals surface area contributed by atoms with Gasteiger partial charge in [0.2, 0.25) is 0 Å². The van der Waals surface area contributed by atoms with E-state index >= 15 is 0 Å². The number of nitro benzene ring substituents is 1. The maximum absolute atomic E-state index is 13.1. The Labute approximate surface area is 119 Å². The molecule has 1 fully saturated rings. The normalized spacial score (nSPS) is 13.8. The van der Waals surface area contributed by atoms with Crippen molar-refractivity contribution in [3.8, 4) is 0 Å². The van der Waals surface area contributed by atoms with Crippen LogP contribution in [0.25, 0.3) is 0 Å². The van der Waals surface area contributed by atoms with Gasteiger partial charge in [-0.15, -0.1) is 0 Å². The van der Waals surface area contributed by atoms with E-state index in [9.17, 15) is 24.1 Å². The van der Waals surface area contributed by atoms with E-state index in [2.05, 4.69) is 0 Å². The first-order valence-electron chi connectivity index (χ1n) is 6.33. The third kappa shape index (κ3) is 3.74. The predicted molar refractivity (Wildman–Crippen MR) is 69.3 cm³/mol. The van der Waals surface area contributed by atoms with Crippen molar-refractivity contribution < 1.29 is 24.0 Å². The Morgan fingerprint density at radius 2 is 2.10 bits per heavy atom. The standard InChI is InChI=1S/C13H13FN2O5/c14-9-3-4-10(11(5-9)16(20)21)13(19)15(7-12(17)18)6-8-1-2-8/h3-5,8H,1-2,6-7H2,(H,17,18). The SMILES string of the molecule is O=C(O)CN(CC1CC1)C(=O)c1ccc(F)cc1[N+](=O)[O-]. The lowest BCUT2D eigenvalue weighted by atomic mass is 10.1. The fourth-order valence-corrected chi connectivity index (χ4v) is 2.00. The van der Waals surface area contributed by atoms with Crippen molar-refractivity contribution in [2.45, 2.75) is 12.8 Å². The minimum absolute atomic E-state index is 0.229. The second-order valence-electron chi connectivity index (χ2n) is 4.94. The lowest BCUT2D eigenvalue weighted by Gasteiger charge is -2.20. The topological polar surface area (TPSA) is 101 Å². The summed E-state index contributed by atoms with van der Waals surface area (Å²) in [5.74, 6) is -2.57. The summed E-state index contributed by atoms with van der Waals surface area (Å²) in [6.07, 6.45) is 1.80. The van der Waals surface area contributed by atoms with Crippen LogP contribution in [0.3, 0.4) is 0 Å². The van der Waals surface area contributed by atoms with Gasteiger partial charge >= 0.3 is 5.97 Å². The molecule has 2 rings (SSSR count). The summed E-state index contributed by atoms with van der Waals surface area (Å²) < 4.78 is 13.1. The molecule has 112 valence electrons. The maximum Gasteiger partial charge on any atom is 0.323 e. The lowest BCUT2D eigenvalue weighted by Crippen LogP contribution is -2.37. The molecule has 1 aliphatic carbocycles. The van der Waals surface area contributed by atoms with Crippen molar-refractivity contribution >= 4 is 17.6 Å². The second kappa shape index (κ2) is 5.86. The molecule has 0 heterocycles. The molecule has 0 atom stereocenters. The van der Waals surface area contributed by atoms with Gasteiger partial charge in [0, 0.05) is 6.54 Å². The number of benzene rings is 1. The van der Waals surface area contributed by atoms with Crippen LogP contribution in [0, 0.1) is 21.8 Å². The summed E-state index contributed by atoms with van der Waals surface area (Å²) in [6.45, 7) is -0.302. The third-order valence-electron chi connectivity index (χ3n) is 3.18. The van der Waals surface area contributed by atoms with Gasteiger partial charge in [0.05, 0.1) is 11.0 Å². The molecule has 0 radical (unpaired) electrons. The first-order valence-corrected chi connectivity index (χ1v) is 6.33. The van der Waals surface area contributed by atoms with Gasteiger partial charge in [-0.3, -0.25) is 19.7 Å². The van der Waals surface area contributed by atoms with Crippen LogP contribution in [0.1, 0.15) is 23.2 Å². The highest BCUT2D eigenvalue weighted by atomic mass is 19.1. The Morgan fingerprint density at radius 1 is 1.43 bits per heavy atom. The molecule has 1 aromatic rings. The number of carboxylic acids is 1. The molecule has 1 saturated carbocycles. The number of rotatable bonds is 6. The van der Waals surface area contributed by atoms with Crippen LogP contribution in [-0.4, -0.2) is 39.9 Å². The average molecular weight is 296 g/mol. The largest absolute Gasteiger partial charge is 0.480 e. The minimum Gasteiger partial charge on any atom is -0.480 e. The highest BCUT2D eigenvalue weighted by Crippen LogP contribution is 2.31. The van der Waals surface area contributed by atoms with Gasteiger partial charge in [0.1, 0.15) is 17.9 Å². The highest BCUT2D eigenvalue weighted by molar-refractivity contribution is 5.99. The number of carboxylic acid groups (broad SMARTS) is 1. The van der Waals surface area contributed by atoms with E-state index in [0.717, 1.165) is 29.9 Å². The quantitative estimate of drug-likeness (QED) is 0.635. The zero-order chi connectivity index (χ0) is 15.6. The van der Waals surface area contributed by atoms with Gasteiger partial charge in [0.15, 0.2) is 0 Å². The van der Waals surface area contributed by atoms with Crippen LogP contribution < -0.4 is 0 Å². The summed E-state index contributed by atoms with van der Waals surface area (Å²) in [6, 6.07) is 2.61. The number of aliphatic carboxylic acids is 1. The molecule has 0 spiro atoms. The number of nitro groups is 1. The van der Waals surface area contributed by atoms with Crippen molar-refractivity contribution in [1.82, 2.24) is 4.90 Å². The number of hydrogen-bond donors (Lipinski definition) is 1. The molecule has 7 nitrogen and oxygen atoms in total. The molecule has 1 N–H and O–H groups in total. The molecule has 1 aliphatic rings. The molecule has 1 aromatic carbocycles. The summed E-state index contributed by atoms with van der Waals surface area (Å²) >= 11 is 0. The fraction of sp³-hybridized carbons (Fsp3) is 0.385. The van der Waals surface area contributed by atoms with Crippen LogP contribution in [0.5, 0.6) is 0 Å². The monoisotopic (exact) mass is 296 g/mol. The molecular weight excluding hydrogens is 283 g/mol. The summed E-state index contributed by atoms with van der Waals surface area (Å²) in [7, 11) is 0. The number of halogens is 1. The molecule has 0 saturated heterocycles. The zero-order valence-corrected chi connectivity index (χ0v) is 11.0. The molecule has 8 heteroatoms. The van der Waals surface area contributed by atoms with Crippen LogP contribution in [-0.2, 0) is 4.79 Å². The summed E-state index contributed by atoms with van der Waals surface area (Å²) in [5.41, 5.74) is -0.963. The number of hydrogen-bond acceptors (Lipinski definition) is 4. The predicted octanol–water partition coefficient (Wildman–Crippen LogP) is 1.67. The van der Waals surface area contributed by atoms with Gasteiger partial charge in [-0.1, -0.05) is 0 Å². The van der Waals surface area contributed by atoms with Crippen molar-refractivity contribution in [1.29, 1.82) is 0 Å². The molecule has 0 unspecified atom stereocenters. The van der Waals surface area contributed by atoms with Crippen LogP contribution in [0.15, 0.2) is 18.2 Å². The summed E-state index contributed by atoms with van der Waals surface area (Å²) in [4.78, 5) is 34.3. The minimum atomic E-state index is -1.20. The maximum atomic E-state index is 13.1. The Hall–Kier alpha value is -2.51. The lowest BCUT2D eigenvalue weighted by molar-refractivity contribution is -0.385. The molecule has 0 bridgehead atoms. The molecule has 1 amide bonds. The number of amides is 1. The van der Waals surface area contributed by atoms with E-state index in [4.69, 9.17) is 5.11 Å². The van der Waals surface area contributed by atoms with Crippen LogP contribution >= 0.6 is 0 Å². The Bertz CT molecular complexity index is 600. The third-order valence-corrected chi connectivity index (χ3v) is 3.18. The van der Waals surface area contributed by atoms with Crippen LogP contribution in [0.2, 0.25) is 0 Å². The average Bonchev–Trinajstić information content (AvgIpc) is 3.20. The first-order chi connectivity index (χ1) is 9.88. The Morgan fingerprint density at radius 3 is 2.62 bits per heavy atom. The van der Waals surface area contributed by atoms with Gasteiger partial charge in [0.25, 0.3) is 11.6 Å². The zero-order valence-electron chi connectivity index (χ0n) is 11.0. The van der Waals surface area contributed by atoms with Gasteiger partial charge < -0.3 is 10.0 Å². The van der Waals surface area contributed by atoms with E-state index < -0.39 is 34.8 Å². The van der Waals surface area contributed by atoms with E-state index in [1.807, 2.05) is 0 Å². The molecule has 21 heavy (non-hydrogen) atoms. The van der Waals surface area contributed by atoms with E-state index in [-0.39, 0.29) is 18.0 Å². The first kappa shape index (κ1) is 14.9. The van der Waals surface area contributed by atoms with Gasteiger partial charge in [-0.2, -0.15) is 0 Å². The van der Waals surface area contributed by atoms with Crippen molar-refractivity contribution in [2.24, 2.45) is 5.92 Å². The van der Waals surface area contributed by atoms with E-state index in [1.54, 1.807) is 0 Å². The summed E-state index contributed by atoms with van der Waals surface area (Å²) in [5, 5.41) is 19.8. The number of nitrogens with zero attached hydrogens (tertiary/aromatic N) is 2.